The largest absolute Gasteiger partial charge is 0.0654 e. The van der Waals surface area contributed by atoms with Crippen molar-refractivity contribution in [3.05, 3.63) is 6.92 Å². The summed E-state index contributed by atoms with van der Waals surface area (Å²) in [6.07, 6.45) is 25.7. The molecule has 0 aromatic carbocycles. The number of rotatable bonds is 18. The van der Waals surface area contributed by atoms with Crippen molar-refractivity contribution in [3.8, 4) is 0 Å². The van der Waals surface area contributed by atoms with Crippen molar-refractivity contribution in [2.45, 2.75) is 129 Å². The van der Waals surface area contributed by atoms with Crippen molar-refractivity contribution >= 4 is 0 Å². The molecule has 22 heavy (non-hydrogen) atoms. The van der Waals surface area contributed by atoms with Gasteiger partial charge in [-0.1, -0.05) is 136 Å². The Kier molecular flexibility index (Phi) is 19.0. The molecule has 1 radical (unpaired) electrons. The molecule has 0 heteroatoms. The third kappa shape index (κ3) is 16.4. The van der Waals surface area contributed by atoms with E-state index in [1.807, 2.05) is 0 Å². The summed E-state index contributed by atoms with van der Waals surface area (Å²) in [5, 5.41) is 0. The average molecular weight is 310 g/mol. The standard InChI is InChI=1S/C22H45/c1-4-7-10-11-12-13-14-15-16-17-18-21-22(19-8-5-2)20-9-6-3/h22H,2,4-21H2,1,3H3. The summed E-state index contributed by atoms with van der Waals surface area (Å²) in [7, 11) is 0. The summed E-state index contributed by atoms with van der Waals surface area (Å²) in [4.78, 5) is 0. The van der Waals surface area contributed by atoms with Gasteiger partial charge in [-0.3, -0.25) is 0 Å². The topological polar surface area (TPSA) is 0 Å². The van der Waals surface area contributed by atoms with Crippen LogP contribution in [0, 0.1) is 12.8 Å². The highest BCUT2D eigenvalue weighted by molar-refractivity contribution is 4.61. The van der Waals surface area contributed by atoms with Gasteiger partial charge in [0.25, 0.3) is 0 Å². The Hall–Kier alpha value is 0. The van der Waals surface area contributed by atoms with E-state index in [0.29, 0.717) is 0 Å². The number of hydrogen-bond acceptors (Lipinski definition) is 0. The molecule has 0 nitrogen and oxygen atoms in total. The number of unbranched alkanes of at least 4 members (excludes halogenated alkanes) is 12. The predicted octanol–water partition coefficient (Wildman–Crippen LogP) is 8.50. The van der Waals surface area contributed by atoms with Gasteiger partial charge in [-0.15, -0.1) is 0 Å². The summed E-state index contributed by atoms with van der Waals surface area (Å²) in [6, 6.07) is 0. The maximum Gasteiger partial charge on any atom is -0.0414 e. The van der Waals surface area contributed by atoms with Gasteiger partial charge >= 0.3 is 0 Å². The van der Waals surface area contributed by atoms with Crippen LogP contribution in [-0.4, -0.2) is 0 Å². The normalized spacial score (nSPS) is 11.5. The van der Waals surface area contributed by atoms with Crippen LogP contribution in [0.1, 0.15) is 129 Å². The van der Waals surface area contributed by atoms with E-state index < -0.39 is 0 Å². The number of hydrogen-bond donors (Lipinski definition) is 0. The van der Waals surface area contributed by atoms with E-state index in [1.54, 1.807) is 0 Å². The highest BCUT2D eigenvalue weighted by Gasteiger charge is 2.07. The van der Waals surface area contributed by atoms with Gasteiger partial charge in [0.2, 0.25) is 0 Å². The van der Waals surface area contributed by atoms with Gasteiger partial charge in [0.05, 0.1) is 0 Å². The van der Waals surface area contributed by atoms with Crippen LogP contribution in [0.4, 0.5) is 0 Å². The Morgan fingerprint density at radius 1 is 0.500 bits per heavy atom. The molecule has 0 aromatic rings. The molecular formula is C22H45. The van der Waals surface area contributed by atoms with Gasteiger partial charge in [0.15, 0.2) is 0 Å². The smallest absolute Gasteiger partial charge is 0.0414 e. The Labute approximate surface area is 142 Å². The molecular weight excluding hydrogens is 264 g/mol. The summed E-state index contributed by atoms with van der Waals surface area (Å²) in [5.41, 5.74) is 0. The van der Waals surface area contributed by atoms with Gasteiger partial charge in [-0.05, 0) is 5.92 Å². The molecule has 133 valence electrons. The highest BCUT2D eigenvalue weighted by Crippen LogP contribution is 2.23. The fourth-order valence-electron chi connectivity index (χ4n) is 3.46. The first-order chi connectivity index (χ1) is 10.8. The lowest BCUT2D eigenvalue weighted by molar-refractivity contribution is 0.378. The molecule has 0 rings (SSSR count). The SMILES string of the molecule is [CH2]CCCC(CCCC)CCCCCCCCCCCCC. The van der Waals surface area contributed by atoms with E-state index in [-0.39, 0.29) is 0 Å². The first-order valence-corrected chi connectivity index (χ1v) is 10.6. The lowest BCUT2D eigenvalue weighted by Crippen LogP contribution is -2.01. The molecule has 0 saturated heterocycles. The van der Waals surface area contributed by atoms with Crippen LogP contribution in [0.2, 0.25) is 0 Å². The second-order valence-electron chi connectivity index (χ2n) is 7.33. The fraction of sp³-hybridized carbons (Fsp3) is 0.955. The second kappa shape index (κ2) is 19.0. The molecule has 0 amide bonds. The maximum absolute atomic E-state index is 4.00. The van der Waals surface area contributed by atoms with Crippen LogP contribution >= 0.6 is 0 Å². The van der Waals surface area contributed by atoms with Crippen molar-refractivity contribution in [3.63, 3.8) is 0 Å². The van der Waals surface area contributed by atoms with E-state index in [4.69, 9.17) is 0 Å². The molecule has 1 atom stereocenters. The van der Waals surface area contributed by atoms with Crippen molar-refractivity contribution in [1.82, 2.24) is 0 Å². The minimum absolute atomic E-state index is 1.00. The third-order valence-corrected chi connectivity index (χ3v) is 5.04. The summed E-state index contributed by atoms with van der Waals surface area (Å²) in [5.74, 6) is 1.00. The van der Waals surface area contributed by atoms with Crippen LogP contribution in [0.3, 0.4) is 0 Å². The van der Waals surface area contributed by atoms with E-state index in [2.05, 4.69) is 20.8 Å². The zero-order chi connectivity index (χ0) is 16.3. The lowest BCUT2D eigenvalue weighted by Gasteiger charge is -2.16. The predicted molar refractivity (Wildman–Crippen MR) is 103 cm³/mol. The van der Waals surface area contributed by atoms with Gasteiger partial charge in [-0.2, -0.15) is 0 Å². The van der Waals surface area contributed by atoms with Crippen molar-refractivity contribution < 1.29 is 0 Å². The summed E-state index contributed by atoms with van der Waals surface area (Å²) >= 11 is 0. The van der Waals surface area contributed by atoms with E-state index >= 15 is 0 Å². The molecule has 1 unspecified atom stereocenters. The van der Waals surface area contributed by atoms with Gasteiger partial charge in [-0.25, -0.2) is 0 Å². The van der Waals surface area contributed by atoms with Crippen LogP contribution in [0.5, 0.6) is 0 Å². The third-order valence-electron chi connectivity index (χ3n) is 5.04. The Morgan fingerprint density at radius 3 is 1.41 bits per heavy atom. The van der Waals surface area contributed by atoms with Gasteiger partial charge in [0.1, 0.15) is 0 Å². The van der Waals surface area contributed by atoms with Crippen LogP contribution in [0.15, 0.2) is 0 Å². The first-order valence-electron chi connectivity index (χ1n) is 10.6. The maximum atomic E-state index is 4.00. The van der Waals surface area contributed by atoms with Crippen LogP contribution < -0.4 is 0 Å². The molecule has 0 aliphatic heterocycles. The molecule has 0 N–H and O–H groups in total. The molecule has 0 saturated carbocycles. The summed E-state index contributed by atoms with van der Waals surface area (Å²) in [6.45, 7) is 8.62. The van der Waals surface area contributed by atoms with Crippen LogP contribution in [-0.2, 0) is 0 Å². The van der Waals surface area contributed by atoms with E-state index in [0.717, 1.165) is 12.3 Å². The minimum Gasteiger partial charge on any atom is -0.0654 e. The molecule has 0 bridgehead atoms. The molecule has 0 aromatic heterocycles. The Morgan fingerprint density at radius 2 is 0.909 bits per heavy atom. The van der Waals surface area contributed by atoms with Gasteiger partial charge < -0.3 is 0 Å². The molecule has 0 aliphatic rings. The molecule has 0 aliphatic carbocycles. The Balaban J connectivity index is 3.33. The molecule has 0 spiro atoms. The Bertz CT molecular complexity index is 176. The fourth-order valence-corrected chi connectivity index (χ4v) is 3.46. The van der Waals surface area contributed by atoms with Gasteiger partial charge in [0, 0.05) is 0 Å². The molecule has 0 heterocycles. The van der Waals surface area contributed by atoms with E-state index in [1.165, 1.54) is 109 Å². The monoisotopic (exact) mass is 309 g/mol. The quantitative estimate of drug-likeness (QED) is 0.223. The molecule has 0 fully saturated rings. The van der Waals surface area contributed by atoms with Crippen molar-refractivity contribution in [2.24, 2.45) is 5.92 Å². The minimum atomic E-state index is 1.00. The lowest BCUT2D eigenvalue weighted by atomic mass is 9.90. The van der Waals surface area contributed by atoms with Crippen LogP contribution in [0.25, 0.3) is 0 Å². The first kappa shape index (κ1) is 22.0. The van der Waals surface area contributed by atoms with E-state index in [9.17, 15) is 0 Å². The zero-order valence-electron chi connectivity index (χ0n) is 16.0. The van der Waals surface area contributed by atoms with Crippen molar-refractivity contribution in [1.29, 1.82) is 0 Å². The average Bonchev–Trinajstić information content (AvgIpc) is 2.54. The highest BCUT2D eigenvalue weighted by atomic mass is 14.1. The summed E-state index contributed by atoms with van der Waals surface area (Å²) < 4.78 is 0. The van der Waals surface area contributed by atoms with Crippen molar-refractivity contribution in [2.75, 3.05) is 0 Å². The second-order valence-corrected chi connectivity index (χ2v) is 7.33. The zero-order valence-corrected chi connectivity index (χ0v) is 16.0.